The van der Waals surface area contributed by atoms with Crippen molar-refractivity contribution < 1.29 is 14.6 Å². The van der Waals surface area contributed by atoms with Crippen LogP contribution in [0.25, 0.3) is 10.7 Å². The molecule has 0 unspecified atom stereocenters. The number of aliphatic hydroxyl groups is 1. The number of hydrogen-bond acceptors (Lipinski definition) is 7. The number of hydrogen-bond donors (Lipinski definition) is 2. The number of nitrogens with zero attached hydrogens (tertiary/aromatic N) is 4. The number of pyridine rings is 1. The molecule has 0 aromatic carbocycles. The zero-order valence-electron chi connectivity index (χ0n) is 13.5. The van der Waals surface area contributed by atoms with Crippen molar-refractivity contribution in [1.82, 2.24) is 25.1 Å². The van der Waals surface area contributed by atoms with E-state index >= 15 is 0 Å². The van der Waals surface area contributed by atoms with E-state index in [1.807, 2.05) is 6.07 Å². The molecule has 0 bridgehead atoms. The molecule has 0 aliphatic carbocycles. The number of aliphatic hydroxyl groups excluding tert-OH is 1. The highest BCUT2D eigenvalue weighted by Crippen LogP contribution is 2.32. The second-order valence-electron chi connectivity index (χ2n) is 5.18. The third-order valence-electron chi connectivity index (χ3n) is 3.29. The van der Waals surface area contributed by atoms with Gasteiger partial charge in [0.1, 0.15) is 10.7 Å². The van der Waals surface area contributed by atoms with Gasteiger partial charge in [-0.2, -0.15) is 5.10 Å². The number of aromatic nitrogens is 4. The largest absolute Gasteiger partial charge is 0.413 e. The predicted octanol–water partition coefficient (Wildman–Crippen LogP) is 1.99. The molecule has 3 rings (SSSR count). The Kier molecular flexibility index (Phi) is 5.36. The van der Waals surface area contributed by atoms with Crippen LogP contribution in [-0.2, 0) is 13.1 Å². The highest BCUT2D eigenvalue weighted by atomic mass is 32.1. The number of aryl methyl sites for hydroxylation is 1. The predicted molar refractivity (Wildman–Crippen MR) is 92.3 cm³/mol. The van der Waals surface area contributed by atoms with Crippen molar-refractivity contribution in [3.8, 4) is 15.8 Å². The second-order valence-corrected chi connectivity index (χ2v) is 6.15. The Balaban J connectivity index is 1.62. The quantitative estimate of drug-likeness (QED) is 0.698. The molecule has 3 aromatic heterocycles. The molecule has 0 saturated carbocycles. The lowest BCUT2D eigenvalue weighted by molar-refractivity contribution is 0.201. The molecular formula is C16H17N5O3S. The topological polar surface area (TPSA) is 102 Å². The van der Waals surface area contributed by atoms with Crippen molar-refractivity contribution in [2.24, 2.45) is 0 Å². The third-order valence-corrected chi connectivity index (χ3v) is 4.35. The molecular weight excluding hydrogens is 342 g/mol. The molecule has 8 nitrogen and oxygen atoms in total. The van der Waals surface area contributed by atoms with Crippen LogP contribution in [0.3, 0.4) is 0 Å². The van der Waals surface area contributed by atoms with Crippen LogP contribution in [0.15, 0.2) is 36.8 Å². The van der Waals surface area contributed by atoms with E-state index in [4.69, 9.17) is 9.84 Å². The number of carbonyl (C=O) groups is 1. The van der Waals surface area contributed by atoms with Crippen molar-refractivity contribution in [2.75, 3.05) is 6.61 Å². The van der Waals surface area contributed by atoms with E-state index in [1.165, 1.54) is 11.3 Å². The maximum absolute atomic E-state index is 12.0. The summed E-state index contributed by atoms with van der Waals surface area (Å²) >= 11 is 1.25. The van der Waals surface area contributed by atoms with Crippen molar-refractivity contribution >= 4 is 17.4 Å². The normalized spacial score (nSPS) is 10.6. The molecule has 0 spiro atoms. The molecule has 0 aliphatic heterocycles. The van der Waals surface area contributed by atoms with E-state index in [-0.39, 0.29) is 6.61 Å². The lowest BCUT2D eigenvalue weighted by Crippen LogP contribution is -2.26. The van der Waals surface area contributed by atoms with E-state index in [2.05, 4.69) is 20.4 Å². The molecule has 1 amide bonds. The fraction of sp³-hybridized carbons (Fsp3) is 0.250. The molecule has 25 heavy (non-hydrogen) atoms. The average molecular weight is 359 g/mol. The number of ether oxygens (including phenoxy) is 1. The molecule has 3 heterocycles. The number of rotatable bonds is 6. The van der Waals surface area contributed by atoms with Gasteiger partial charge in [-0.15, -0.1) is 0 Å². The van der Waals surface area contributed by atoms with Crippen molar-refractivity contribution in [1.29, 1.82) is 0 Å². The van der Waals surface area contributed by atoms with E-state index < -0.39 is 6.09 Å². The standard InChI is InChI=1S/C16H17N5O3S/c1-11-15(24-16(23)18-10-12-3-2-5-17-9-12)25-14(19-11)13-4-6-21(20-13)7-8-22/h2-6,9,22H,7-8,10H2,1H3,(H,18,23). The van der Waals surface area contributed by atoms with Crippen molar-refractivity contribution in [3.63, 3.8) is 0 Å². The van der Waals surface area contributed by atoms with Gasteiger partial charge in [0.05, 0.1) is 18.8 Å². The summed E-state index contributed by atoms with van der Waals surface area (Å²) in [6.45, 7) is 2.55. The summed E-state index contributed by atoms with van der Waals surface area (Å²) in [7, 11) is 0. The van der Waals surface area contributed by atoms with Gasteiger partial charge >= 0.3 is 6.09 Å². The van der Waals surface area contributed by atoms with Crippen LogP contribution in [-0.4, -0.2) is 37.6 Å². The number of carbonyl (C=O) groups excluding carboxylic acids is 1. The monoisotopic (exact) mass is 359 g/mol. The highest BCUT2D eigenvalue weighted by molar-refractivity contribution is 7.17. The minimum Gasteiger partial charge on any atom is -0.397 e. The van der Waals surface area contributed by atoms with Gasteiger partial charge in [0.25, 0.3) is 0 Å². The lowest BCUT2D eigenvalue weighted by atomic mass is 10.3. The van der Waals surface area contributed by atoms with Gasteiger partial charge in [-0.05, 0) is 24.6 Å². The Morgan fingerprint density at radius 1 is 1.44 bits per heavy atom. The Hall–Kier alpha value is -2.78. The minimum atomic E-state index is -0.548. The van der Waals surface area contributed by atoms with Gasteiger partial charge in [0.15, 0.2) is 0 Å². The number of nitrogens with one attached hydrogen (secondary N) is 1. The third kappa shape index (κ3) is 4.40. The first-order valence-electron chi connectivity index (χ1n) is 7.62. The van der Waals surface area contributed by atoms with Gasteiger partial charge in [0.2, 0.25) is 5.06 Å². The summed E-state index contributed by atoms with van der Waals surface area (Å²) in [5.41, 5.74) is 2.18. The molecule has 0 aliphatic rings. The summed E-state index contributed by atoms with van der Waals surface area (Å²) in [6, 6.07) is 5.48. The first-order chi connectivity index (χ1) is 12.2. The van der Waals surface area contributed by atoms with Crippen molar-refractivity contribution in [3.05, 3.63) is 48.0 Å². The molecule has 3 aromatic rings. The summed E-state index contributed by atoms with van der Waals surface area (Å²) in [4.78, 5) is 20.3. The van der Waals surface area contributed by atoms with Crippen molar-refractivity contribution in [2.45, 2.75) is 20.0 Å². The molecule has 0 saturated heterocycles. The molecule has 2 N–H and O–H groups in total. The van der Waals surface area contributed by atoms with Crippen LogP contribution in [0.2, 0.25) is 0 Å². The summed E-state index contributed by atoms with van der Waals surface area (Å²) in [5.74, 6) is 0. The smallest absolute Gasteiger partial charge is 0.397 e. The number of thiazole rings is 1. The van der Waals surface area contributed by atoms with Crippen LogP contribution in [0, 0.1) is 6.92 Å². The molecule has 0 fully saturated rings. The van der Waals surface area contributed by atoms with Gasteiger partial charge < -0.3 is 15.2 Å². The van der Waals surface area contributed by atoms with Crippen LogP contribution < -0.4 is 10.1 Å². The molecule has 0 radical (unpaired) electrons. The van der Waals surface area contributed by atoms with Gasteiger partial charge in [-0.3, -0.25) is 9.67 Å². The summed E-state index contributed by atoms with van der Waals surface area (Å²) in [5, 5.41) is 17.0. The van der Waals surface area contributed by atoms with Crippen LogP contribution in [0.1, 0.15) is 11.3 Å². The van der Waals surface area contributed by atoms with E-state index in [0.29, 0.717) is 34.5 Å². The SMILES string of the molecule is Cc1nc(-c2ccn(CCO)n2)sc1OC(=O)NCc1cccnc1. The Morgan fingerprint density at radius 2 is 2.32 bits per heavy atom. The first kappa shape index (κ1) is 17.1. The lowest BCUT2D eigenvalue weighted by Gasteiger charge is -2.04. The fourth-order valence-corrected chi connectivity index (χ4v) is 2.97. The average Bonchev–Trinajstić information content (AvgIpc) is 3.22. The Bertz CT molecular complexity index is 847. The van der Waals surface area contributed by atoms with Gasteiger partial charge in [-0.1, -0.05) is 17.4 Å². The van der Waals surface area contributed by atoms with Gasteiger partial charge in [-0.25, -0.2) is 9.78 Å². The van der Waals surface area contributed by atoms with Gasteiger partial charge in [0, 0.05) is 25.1 Å². The summed E-state index contributed by atoms with van der Waals surface area (Å²) in [6.07, 6.45) is 4.57. The summed E-state index contributed by atoms with van der Waals surface area (Å²) < 4.78 is 6.97. The second kappa shape index (κ2) is 7.86. The zero-order chi connectivity index (χ0) is 17.6. The molecule has 9 heteroatoms. The zero-order valence-corrected chi connectivity index (χ0v) is 14.4. The maximum Gasteiger partial charge on any atom is 0.413 e. The minimum absolute atomic E-state index is 0.0173. The maximum atomic E-state index is 12.0. The number of amides is 1. The Labute approximate surface area is 148 Å². The Morgan fingerprint density at radius 3 is 3.08 bits per heavy atom. The van der Waals surface area contributed by atoms with E-state index in [9.17, 15) is 4.79 Å². The molecule has 0 atom stereocenters. The van der Waals surface area contributed by atoms with Crippen LogP contribution in [0.5, 0.6) is 5.06 Å². The van der Waals surface area contributed by atoms with E-state index in [1.54, 1.807) is 42.3 Å². The van der Waals surface area contributed by atoms with Crippen LogP contribution >= 0.6 is 11.3 Å². The fourth-order valence-electron chi connectivity index (χ4n) is 2.09. The van der Waals surface area contributed by atoms with E-state index in [0.717, 1.165) is 5.56 Å². The molecule has 130 valence electrons. The highest BCUT2D eigenvalue weighted by Gasteiger charge is 2.15. The van der Waals surface area contributed by atoms with Crippen LogP contribution in [0.4, 0.5) is 4.79 Å². The first-order valence-corrected chi connectivity index (χ1v) is 8.44.